The van der Waals surface area contributed by atoms with Crippen LogP contribution in [0.1, 0.15) is 5.56 Å². The predicted molar refractivity (Wildman–Crippen MR) is 90.3 cm³/mol. The summed E-state index contributed by atoms with van der Waals surface area (Å²) < 4.78 is 66.9. The van der Waals surface area contributed by atoms with E-state index in [1.807, 2.05) is 6.07 Å². The van der Waals surface area contributed by atoms with Gasteiger partial charge >= 0.3 is 0 Å². The number of ether oxygens (including phenoxy) is 2. The lowest BCUT2D eigenvalue weighted by Crippen LogP contribution is -2.03. The summed E-state index contributed by atoms with van der Waals surface area (Å²) in [6.45, 7) is 6.83. The highest BCUT2D eigenvalue weighted by Crippen LogP contribution is 2.38. The minimum atomic E-state index is -1.78. The molecule has 4 nitrogen and oxygen atoms in total. The Morgan fingerprint density at radius 2 is 1.11 bits per heavy atom. The van der Waals surface area contributed by atoms with Crippen LogP contribution in [0.2, 0.25) is 0 Å². The normalized spacial score (nSPS) is 10.1. The molecule has 0 aromatic heterocycles. The minimum absolute atomic E-state index is 0.121. The van der Waals surface area contributed by atoms with Crippen molar-refractivity contribution in [2.45, 2.75) is 0 Å². The van der Waals surface area contributed by atoms with Crippen LogP contribution in [0.5, 0.6) is 23.0 Å². The summed E-state index contributed by atoms with van der Waals surface area (Å²) in [5.41, 5.74) is 0.510. The highest BCUT2D eigenvalue weighted by Gasteiger charge is 2.29. The van der Waals surface area contributed by atoms with Gasteiger partial charge in [-0.15, -0.1) is 0 Å². The Bertz CT molecular complexity index is 996. The summed E-state index contributed by atoms with van der Waals surface area (Å²) >= 11 is 0. The van der Waals surface area contributed by atoms with Crippen molar-refractivity contribution in [1.82, 2.24) is 0 Å². The van der Waals surface area contributed by atoms with Gasteiger partial charge in [0.2, 0.25) is 34.8 Å². The van der Waals surface area contributed by atoms with Gasteiger partial charge in [0.05, 0.1) is 18.2 Å². The molecule has 0 saturated heterocycles. The van der Waals surface area contributed by atoms with Crippen molar-refractivity contribution in [2.75, 3.05) is 0 Å². The number of benzene rings is 3. The standard InChI is InChI=1S/C20H8F4N2O2/c1-26-12-4-8-14(9-5-12)28-20-17(23)15(21)19(16(22)18(20)24)27-13-6-2-11(10-25)3-7-13/h2-9H. The van der Waals surface area contributed by atoms with Crippen LogP contribution in [0.4, 0.5) is 23.2 Å². The second kappa shape index (κ2) is 7.68. The average Bonchev–Trinajstić information content (AvgIpc) is 2.73. The molecular formula is C20H8F4N2O2. The van der Waals surface area contributed by atoms with E-state index in [1.165, 1.54) is 48.5 Å². The van der Waals surface area contributed by atoms with Gasteiger partial charge in [-0.3, -0.25) is 0 Å². The molecule has 0 spiro atoms. The van der Waals surface area contributed by atoms with E-state index in [4.69, 9.17) is 21.3 Å². The Morgan fingerprint density at radius 1 is 0.714 bits per heavy atom. The highest BCUT2D eigenvalue weighted by atomic mass is 19.2. The predicted octanol–water partition coefficient (Wildman–Crippen LogP) is 6.25. The fourth-order valence-electron chi connectivity index (χ4n) is 2.19. The van der Waals surface area contributed by atoms with E-state index in [9.17, 15) is 17.6 Å². The first-order valence-corrected chi connectivity index (χ1v) is 7.64. The maximum absolute atomic E-state index is 14.3. The van der Waals surface area contributed by atoms with E-state index in [0.29, 0.717) is 0 Å². The first-order valence-electron chi connectivity index (χ1n) is 7.64. The van der Waals surface area contributed by atoms with Crippen LogP contribution >= 0.6 is 0 Å². The SMILES string of the molecule is [C-]#[N+]c1ccc(Oc2c(F)c(F)c(Oc3ccc(C#N)cc3)c(F)c2F)cc1. The third-order valence-electron chi connectivity index (χ3n) is 3.57. The summed E-state index contributed by atoms with van der Waals surface area (Å²) in [6.07, 6.45) is 0. The summed E-state index contributed by atoms with van der Waals surface area (Å²) in [5, 5.41) is 8.72. The number of nitrogens with zero attached hydrogens (tertiary/aromatic N) is 2. The number of nitriles is 1. The van der Waals surface area contributed by atoms with E-state index in [-0.39, 0.29) is 22.7 Å². The smallest absolute Gasteiger partial charge is 0.208 e. The molecule has 0 fully saturated rings. The zero-order chi connectivity index (χ0) is 20.3. The molecule has 138 valence electrons. The van der Waals surface area contributed by atoms with Crippen LogP contribution in [0.3, 0.4) is 0 Å². The van der Waals surface area contributed by atoms with Gasteiger partial charge in [0.25, 0.3) is 0 Å². The molecule has 0 amide bonds. The number of halogens is 4. The molecule has 3 aromatic rings. The molecule has 0 bridgehead atoms. The van der Waals surface area contributed by atoms with E-state index >= 15 is 0 Å². The summed E-state index contributed by atoms with van der Waals surface area (Å²) in [5.74, 6) is -9.93. The van der Waals surface area contributed by atoms with Gasteiger partial charge in [-0.2, -0.15) is 22.8 Å². The van der Waals surface area contributed by atoms with Crippen molar-refractivity contribution < 1.29 is 27.0 Å². The van der Waals surface area contributed by atoms with E-state index in [0.717, 1.165) is 0 Å². The molecule has 0 N–H and O–H groups in total. The molecule has 0 saturated carbocycles. The largest absolute Gasteiger partial charge is 0.451 e. The van der Waals surface area contributed by atoms with E-state index in [2.05, 4.69) is 4.85 Å². The van der Waals surface area contributed by atoms with Gasteiger partial charge in [-0.05, 0) is 36.4 Å². The van der Waals surface area contributed by atoms with Crippen LogP contribution < -0.4 is 9.47 Å². The van der Waals surface area contributed by atoms with E-state index < -0.39 is 34.8 Å². The summed E-state index contributed by atoms with van der Waals surface area (Å²) in [6, 6.07) is 12.0. The van der Waals surface area contributed by atoms with Crippen LogP contribution in [0, 0.1) is 41.2 Å². The van der Waals surface area contributed by atoms with Crippen molar-refractivity contribution >= 4 is 5.69 Å². The number of rotatable bonds is 4. The molecule has 3 aromatic carbocycles. The second-order valence-corrected chi connectivity index (χ2v) is 5.36. The second-order valence-electron chi connectivity index (χ2n) is 5.36. The quantitative estimate of drug-likeness (QED) is 0.303. The molecular weight excluding hydrogens is 376 g/mol. The van der Waals surface area contributed by atoms with Gasteiger partial charge in [0, 0.05) is 0 Å². The third kappa shape index (κ3) is 3.57. The monoisotopic (exact) mass is 384 g/mol. The fraction of sp³-hybridized carbons (Fsp3) is 0. The molecule has 0 atom stereocenters. The summed E-state index contributed by atoms with van der Waals surface area (Å²) in [7, 11) is 0. The Morgan fingerprint density at radius 3 is 1.46 bits per heavy atom. The first kappa shape index (κ1) is 18.7. The number of hydrogen-bond acceptors (Lipinski definition) is 3. The lowest BCUT2D eigenvalue weighted by atomic mass is 10.2. The Labute approximate surface area is 156 Å². The molecule has 28 heavy (non-hydrogen) atoms. The van der Waals surface area contributed by atoms with Gasteiger partial charge in [-0.25, -0.2) is 4.85 Å². The molecule has 0 heterocycles. The summed E-state index contributed by atoms with van der Waals surface area (Å²) in [4.78, 5) is 3.14. The van der Waals surface area contributed by atoms with Gasteiger partial charge in [0.15, 0.2) is 5.69 Å². The lowest BCUT2D eigenvalue weighted by Gasteiger charge is -2.13. The zero-order valence-electron chi connectivity index (χ0n) is 13.8. The fourth-order valence-corrected chi connectivity index (χ4v) is 2.19. The average molecular weight is 384 g/mol. The lowest BCUT2D eigenvalue weighted by molar-refractivity contribution is 0.330. The molecule has 0 aliphatic rings. The molecule has 0 unspecified atom stereocenters. The highest BCUT2D eigenvalue weighted by molar-refractivity contribution is 5.49. The van der Waals surface area contributed by atoms with E-state index in [1.54, 1.807) is 0 Å². The van der Waals surface area contributed by atoms with Crippen LogP contribution in [-0.4, -0.2) is 0 Å². The molecule has 0 aliphatic carbocycles. The van der Waals surface area contributed by atoms with Gasteiger partial charge in [0.1, 0.15) is 11.5 Å². The molecule has 8 heteroatoms. The van der Waals surface area contributed by atoms with Crippen LogP contribution in [0.15, 0.2) is 48.5 Å². The van der Waals surface area contributed by atoms with Crippen LogP contribution in [0.25, 0.3) is 4.85 Å². The zero-order valence-corrected chi connectivity index (χ0v) is 13.8. The van der Waals surface area contributed by atoms with Gasteiger partial charge in [-0.1, -0.05) is 12.1 Å². The Hall–Kier alpha value is -4.04. The number of hydrogen-bond donors (Lipinski definition) is 0. The van der Waals surface area contributed by atoms with Crippen molar-refractivity contribution in [3.63, 3.8) is 0 Å². The minimum Gasteiger partial charge on any atom is -0.451 e. The van der Waals surface area contributed by atoms with Crippen molar-refractivity contribution in [3.8, 4) is 29.1 Å². The Balaban J connectivity index is 1.96. The van der Waals surface area contributed by atoms with Crippen molar-refractivity contribution in [1.29, 1.82) is 5.26 Å². The maximum Gasteiger partial charge on any atom is 0.208 e. The van der Waals surface area contributed by atoms with Crippen molar-refractivity contribution in [3.05, 3.63) is 88.8 Å². The first-order chi connectivity index (χ1) is 13.4. The Kier molecular flexibility index (Phi) is 5.14. The molecule has 0 radical (unpaired) electrons. The molecule has 0 aliphatic heterocycles. The van der Waals surface area contributed by atoms with Crippen LogP contribution in [-0.2, 0) is 0 Å². The maximum atomic E-state index is 14.3. The third-order valence-corrected chi connectivity index (χ3v) is 3.57. The van der Waals surface area contributed by atoms with Gasteiger partial charge < -0.3 is 9.47 Å². The topological polar surface area (TPSA) is 46.6 Å². The van der Waals surface area contributed by atoms with Crippen molar-refractivity contribution in [2.24, 2.45) is 0 Å². The molecule has 3 rings (SSSR count).